The average Bonchev–Trinajstić information content (AvgIpc) is 1.46. The van der Waals surface area contributed by atoms with E-state index in [1.807, 2.05) is 5.83 Å². The Labute approximate surface area is 42.7 Å². The highest BCUT2D eigenvalue weighted by Crippen LogP contribution is 1.56. The molecule has 0 aromatic carbocycles. The highest BCUT2D eigenvalue weighted by atomic mass is 79.9. The zero-order chi connectivity index (χ0) is 4.71. The molecule has 0 unspecified atom stereocenters. The summed E-state index contributed by atoms with van der Waals surface area (Å²) in [4.78, 5) is 0. The highest BCUT2D eigenvalue weighted by Gasteiger charge is 1.35. The van der Waals surface area contributed by atoms with Gasteiger partial charge in [-0.3, -0.25) is 0 Å². The van der Waals surface area contributed by atoms with Crippen LogP contribution in [-0.4, -0.2) is 5.83 Å². The molecule has 0 aliphatic heterocycles. The van der Waals surface area contributed by atoms with Crippen molar-refractivity contribution in [3.63, 3.8) is 0 Å². The van der Waals surface area contributed by atoms with E-state index >= 15 is 0 Å². The second-order valence-electron chi connectivity index (χ2n) is 0.707. The summed E-state index contributed by atoms with van der Waals surface area (Å²) in [7, 11) is 0. The molecule has 34 valence electrons. The SMILES string of the molecule is CBr.CCC. The maximum Gasteiger partial charge on any atom is -0.00848 e. The van der Waals surface area contributed by atoms with Crippen molar-refractivity contribution >= 4 is 15.9 Å². The van der Waals surface area contributed by atoms with Crippen molar-refractivity contribution in [2.24, 2.45) is 0 Å². The Bertz CT molecular complexity index is 3.61. The Morgan fingerprint density at radius 2 is 1.20 bits per heavy atom. The third kappa shape index (κ3) is 120. The van der Waals surface area contributed by atoms with Crippen LogP contribution in [0.5, 0.6) is 0 Å². The summed E-state index contributed by atoms with van der Waals surface area (Å²) >= 11 is 2.94. The van der Waals surface area contributed by atoms with Gasteiger partial charge in [0.05, 0.1) is 0 Å². The largest absolute Gasteiger partial charge is 0.0966 e. The van der Waals surface area contributed by atoms with Crippen molar-refractivity contribution in [2.75, 3.05) is 5.83 Å². The van der Waals surface area contributed by atoms with Crippen LogP contribution in [0.15, 0.2) is 0 Å². The molecule has 0 N–H and O–H groups in total. The van der Waals surface area contributed by atoms with Crippen LogP contribution in [0.25, 0.3) is 0 Å². The molecule has 0 atom stereocenters. The molecule has 0 spiro atoms. The molecule has 0 aromatic heterocycles. The maximum atomic E-state index is 2.94. The summed E-state index contributed by atoms with van der Waals surface area (Å²) in [6.07, 6.45) is 1.25. The van der Waals surface area contributed by atoms with Crippen LogP contribution in [0.2, 0.25) is 0 Å². The van der Waals surface area contributed by atoms with E-state index in [1.165, 1.54) is 6.42 Å². The van der Waals surface area contributed by atoms with Crippen molar-refractivity contribution in [3.8, 4) is 0 Å². The molecule has 0 radical (unpaired) electrons. The number of hydrogen-bond donors (Lipinski definition) is 0. The molecule has 0 nitrogen and oxygen atoms in total. The van der Waals surface area contributed by atoms with Gasteiger partial charge in [0.25, 0.3) is 0 Å². The van der Waals surface area contributed by atoms with Crippen LogP contribution >= 0.6 is 15.9 Å². The Hall–Kier alpha value is 0.480. The third-order valence-corrected chi connectivity index (χ3v) is 0. The molecule has 0 aliphatic rings. The molecule has 0 fully saturated rings. The van der Waals surface area contributed by atoms with Crippen LogP contribution in [0.3, 0.4) is 0 Å². The first-order valence-electron chi connectivity index (χ1n) is 1.79. The molecule has 0 amide bonds. The van der Waals surface area contributed by atoms with Crippen molar-refractivity contribution in [1.82, 2.24) is 0 Å². The molecule has 5 heavy (non-hydrogen) atoms. The molecular weight excluding hydrogens is 128 g/mol. The molecule has 0 bridgehead atoms. The van der Waals surface area contributed by atoms with Gasteiger partial charge in [-0.2, -0.15) is 0 Å². The van der Waals surface area contributed by atoms with Gasteiger partial charge in [-0.25, -0.2) is 0 Å². The van der Waals surface area contributed by atoms with E-state index in [-0.39, 0.29) is 0 Å². The van der Waals surface area contributed by atoms with Crippen LogP contribution in [0.1, 0.15) is 20.3 Å². The Kier molecular flexibility index (Phi) is 45.0. The minimum absolute atomic E-state index is 1.25. The molecule has 1 heteroatoms. The Morgan fingerprint density at radius 3 is 1.20 bits per heavy atom. The third-order valence-electron chi connectivity index (χ3n) is 0. The van der Waals surface area contributed by atoms with Gasteiger partial charge in [0.1, 0.15) is 0 Å². The fourth-order valence-electron chi connectivity index (χ4n) is 0. The lowest BCUT2D eigenvalue weighted by Gasteiger charge is -1.48. The number of halogens is 1. The van der Waals surface area contributed by atoms with Gasteiger partial charge in [0, 0.05) is 0 Å². The number of rotatable bonds is 0. The van der Waals surface area contributed by atoms with Crippen LogP contribution in [0.4, 0.5) is 0 Å². The fourth-order valence-corrected chi connectivity index (χ4v) is 0. The lowest BCUT2D eigenvalue weighted by atomic mass is 10.6. The molecule has 0 saturated carbocycles. The molecule has 0 rings (SSSR count). The molecular formula is C4H11Br. The van der Waals surface area contributed by atoms with E-state index in [0.29, 0.717) is 0 Å². The topological polar surface area (TPSA) is 0 Å². The van der Waals surface area contributed by atoms with Gasteiger partial charge in [-0.05, 0) is 5.83 Å². The van der Waals surface area contributed by atoms with Crippen molar-refractivity contribution in [2.45, 2.75) is 20.3 Å². The number of alkyl halides is 1. The van der Waals surface area contributed by atoms with Gasteiger partial charge >= 0.3 is 0 Å². The van der Waals surface area contributed by atoms with Crippen LogP contribution in [-0.2, 0) is 0 Å². The number of hydrogen-bond acceptors (Lipinski definition) is 0. The second-order valence-corrected chi connectivity index (χ2v) is 0.707. The summed E-state index contributed by atoms with van der Waals surface area (Å²) in [6, 6.07) is 0. The first-order chi connectivity index (χ1) is 2.41. The highest BCUT2D eigenvalue weighted by molar-refractivity contribution is 9.08. The minimum Gasteiger partial charge on any atom is -0.0966 e. The summed E-state index contributed by atoms with van der Waals surface area (Å²) in [5.41, 5.74) is 0. The predicted octanol–water partition coefficient (Wildman–Crippen LogP) is 2.43. The van der Waals surface area contributed by atoms with E-state index in [2.05, 4.69) is 29.8 Å². The lowest BCUT2D eigenvalue weighted by Crippen LogP contribution is -1.27. The standard InChI is InChI=1S/C3H8.CH3Br/c1-3-2;1-2/h3H2,1-2H3;1H3. The van der Waals surface area contributed by atoms with Gasteiger partial charge in [0.2, 0.25) is 0 Å². The normalized spacial score (nSPS) is 4.80. The van der Waals surface area contributed by atoms with Crippen LogP contribution in [0, 0.1) is 0 Å². The van der Waals surface area contributed by atoms with Crippen molar-refractivity contribution in [3.05, 3.63) is 0 Å². The average molecular weight is 139 g/mol. The maximum absolute atomic E-state index is 2.94. The molecule has 0 aliphatic carbocycles. The summed E-state index contributed by atoms with van der Waals surface area (Å²) in [6.45, 7) is 4.25. The molecule has 0 aromatic rings. The van der Waals surface area contributed by atoms with Gasteiger partial charge < -0.3 is 0 Å². The van der Waals surface area contributed by atoms with Gasteiger partial charge in [0.15, 0.2) is 0 Å². The first-order valence-corrected chi connectivity index (χ1v) is 3.38. The summed E-state index contributed by atoms with van der Waals surface area (Å²) in [5, 5.41) is 0. The van der Waals surface area contributed by atoms with E-state index < -0.39 is 0 Å². The van der Waals surface area contributed by atoms with E-state index in [4.69, 9.17) is 0 Å². The zero-order valence-electron chi connectivity index (χ0n) is 4.09. The van der Waals surface area contributed by atoms with Gasteiger partial charge in [-0.1, -0.05) is 36.2 Å². The fraction of sp³-hybridized carbons (Fsp3) is 1.00. The first kappa shape index (κ1) is 9.08. The predicted molar refractivity (Wildman–Crippen MR) is 30.8 cm³/mol. The van der Waals surface area contributed by atoms with E-state index in [0.717, 1.165) is 0 Å². The van der Waals surface area contributed by atoms with Crippen molar-refractivity contribution < 1.29 is 0 Å². The smallest absolute Gasteiger partial charge is 0.00848 e. The Balaban J connectivity index is 0. The quantitative estimate of drug-likeness (QED) is 0.452. The molecule has 0 saturated heterocycles. The zero-order valence-corrected chi connectivity index (χ0v) is 5.67. The summed E-state index contributed by atoms with van der Waals surface area (Å²) in [5.74, 6) is 1.81. The van der Waals surface area contributed by atoms with Gasteiger partial charge in [-0.15, -0.1) is 0 Å². The molecule has 0 heterocycles. The minimum atomic E-state index is 1.25. The monoisotopic (exact) mass is 138 g/mol. The van der Waals surface area contributed by atoms with Crippen molar-refractivity contribution in [1.29, 1.82) is 0 Å². The lowest BCUT2D eigenvalue weighted by molar-refractivity contribution is 1.09. The van der Waals surface area contributed by atoms with E-state index in [1.54, 1.807) is 0 Å². The summed E-state index contributed by atoms with van der Waals surface area (Å²) < 4.78 is 0. The second kappa shape index (κ2) is 24.8. The van der Waals surface area contributed by atoms with Crippen LogP contribution < -0.4 is 0 Å². The Morgan fingerprint density at radius 1 is 1.20 bits per heavy atom. The van der Waals surface area contributed by atoms with E-state index in [9.17, 15) is 0 Å².